The van der Waals surface area contributed by atoms with Gasteiger partial charge in [-0.3, -0.25) is 9.69 Å². The molecule has 1 unspecified atom stereocenters. The summed E-state index contributed by atoms with van der Waals surface area (Å²) in [4.78, 5) is 19.5. The van der Waals surface area contributed by atoms with Gasteiger partial charge in [-0.05, 0) is 34.2 Å². The number of aromatic nitrogens is 1. The number of hydrogen-bond donors (Lipinski definition) is 0. The molecule has 6 rings (SSSR count). The first-order valence-electron chi connectivity index (χ1n) is 14.1. The Morgan fingerprint density at radius 3 is 2.30 bits per heavy atom. The van der Waals surface area contributed by atoms with Crippen LogP contribution in [0, 0.1) is 0 Å². The van der Waals surface area contributed by atoms with Gasteiger partial charge in [-0.25, -0.2) is 0 Å². The Balaban J connectivity index is 1.16. The van der Waals surface area contributed by atoms with Crippen molar-refractivity contribution in [1.29, 1.82) is 0 Å². The lowest BCUT2D eigenvalue weighted by atomic mass is 9.93. The monoisotopic (exact) mass is 545 g/mol. The number of carbonyl (C=O) groups excluding carboxylic acids is 1. The third-order valence-electron chi connectivity index (χ3n) is 7.85. The summed E-state index contributed by atoms with van der Waals surface area (Å²) in [7, 11) is 0. The van der Waals surface area contributed by atoms with Crippen LogP contribution in [-0.2, 0) is 11.3 Å². The van der Waals surface area contributed by atoms with Crippen LogP contribution in [0.4, 0.5) is 0 Å². The number of fused-ring (bicyclic) bond motifs is 1. The summed E-state index contributed by atoms with van der Waals surface area (Å²) < 4.78 is 2.34. The maximum atomic E-state index is 13.7. The molecule has 0 aliphatic carbocycles. The van der Waals surface area contributed by atoms with Gasteiger partial charge >= 0.3 is 0 Å². The largest absolute Gasteiger partial charge is 0.343 e. The molecule has 40 heavy (non-hydrogen) atoms. The standard InChI is InChI=1S/C35H35N3OS/c39-35(37-22-20-36(21-23-37)19-9-15-28-11-3-1-4-12-28)25-31(34-18-10-24-40-34)32-27-38(26-29-13-5-2-6-14-29)33-17-8-7-16-30(32)33/h1-18,24,27,31H,19-23,25-26H2. The third-order valence-corrected chi connectivity index (χ3v) is 8.84. The zero-order chi connectivity index (χ0) is 27.1. The Labute approximate surface area is 240 Å². The number of nitrogens with zero attached hydrogens (tertiary/aromatic N) is 3. The van der Waals surface area contributed by atoms with Crippen LogP contribution >= 0.6 is 11.3 Å². The van der Waals surface area contributed by atoms with Gasteiger partial charge < -0.3 is 9.47 Å². The van der Waals surface area contributed by atoms with Gasteiger partial charge in [0.05, 0.1) is 0 Å². The molecule has 1 aliphatic heterocycles. The van der Waals surface area contributed by atoms with Crippen molar-refractivity contribution < 1.29 is 4.79 Å². The van der Waals surface area contributed by atoms with Crippen LogP contribution in [0.1, 0.15) is 33.9 Å². The second-order valence-corrected chi connectivity index (χ2v) is 11.5. The average Bonchev–Trinajstić information content (AvgIpc) is 3.66. The molecule has 3 aromatic carbocycles. The molecule has 1 atom stereocenters. The number of carbonyl (C=O) groups is 1. The molecular weight excluding hydrogens is 510 g/mol. The second-order valence-electron chi connectivity index (χ2n) is 10.5. The van der Waals surface area contributed by atoms with Crippen molar-refractivity contribution in [3.8, 4) is 0 Å². The van der Waals surface area contributed by atoms with Crippen molar-refractivity contribution in [3.63, 3.8) is 0 Å². The average molecular weight is 546 g/mol. The Kier molecular flexibility index (Phi) is 8.22. The number of hydrogen-bond acceptors (Lipinski definition) is 3. The second kappa shape index (κ2) is 12.5. The van der Waals surface area contributed by atoms with Gasteiger partial charge in [0.1, 0.15) is 0 Å². The van der Waals surface area contributed by atoms with Gasteiger partial charge in [-0.2, -0.15) is 0 Å². The highest BCUT2D eigenvalue weighted by Gasteiger charge is 2.27. The molecule has 0 saturated carbocycles. The van der Waals surface area contributed by atoms with Gasteiger partial charge in [0, 0.05) is 73.6 Å². The van der Waals surface area contributed by atoms with E-state index in [1.165, 1.54) is 32.5 Å². The topological polar surface area (TPSA) is 28.5 Å². The van der Waals surface area contributed by atoms with Crippen molar-refractivity contribution in [2.45, 2.75) is 18.9 Å². The molecule has 0 bridgehead atoms. The predicted molar refractivity (Wildman–Crippen MR) is 167 cm³/mol. The minimum Gasteiger partial charge on any atom is -0.343 e. The lowest BCUT2D eigenvalue weighted by Gasteiger charge is -2.35. The number of piperazine rings is 1. The Morgan fingerprint density at radius 2 is 1.55 bits per heavy atom. The zero-order valence-corrected chi connectivity index (χ0v) is 23.5. The number of benzene rings is 3. The maximum absolute atomic E-state index is 13.7. The Morgan fingerprint density at radius 1 is 0.825 bits per heavy atom. The van der Waals surface area contributed by atoms with Crippen LogP contribution < -0.4 is 0 Å². The molecule has 1 fully saturated rings. The number of amides is 1. The fourth-order valence-corrected chi connectivity index (χ4v) is 6.55. The van der Waals surface area contributed by atoms with Crippen molar-refractivity contribution >= 4 is 34.2 Å². The van der Waals surface area contributed by atoms with Crippen LogP contribution in [0.3, 0.4) is 0 Å². The minimum absolute atomic E-state index is 0.0428. The van der Waals surface area contributed by atoms with Crippen LogP contribution in [0.15, 0.2) is 115 Å². The predicted octanol–water partition coefficient (Wildman–Crippen LogP) is 7.13. The molecule has 3 heterocycles. The third kappa shape index (κ3) is 6.11. The van der Waals surface area contributed by atoms with Gasteiger partial charge in [0.2, 0.25) is 5.91 Å². The van der Waals surface area contributed by atoms with Crippen LogP contribution in [0.25, 0.3) is 17.0 Å². The van der Waals surface area contributed by atoms with Crippen molar-refractivity contribution in [3.05, 3.63) is 136 Å². The normalized spacial score (nSPS) is 15.2. The summed E-state index contributed by atoms with van der Waals surface area (Å²) in [5.41, 5.74) is 4.95. The number of para-hydroxylation sites is 1. The van der Waals surface area contributed by atoms with E-state index in [1.807, 2.05) is 6.07 Å². The molecular formula is C35H35N3OS. The van der Waals surface area contributed by atoms with Gasteiger partial charge in [0.25, 0.3) is 0 Å². The molecule has 5 heteroatoms. The molecule has 2 aromatic heterocycles. The molecule has 0 N–H and O–H groups in total. The fourth-order valence-electron chi connectivity index (χ4n) is 5.70. The first-order chi connectivity index (χ1) is 19.7. The molecule has 1 saturated heterocycles. The molecule has 202 valence electrons. The van der Waals surface area contributed by atoms with Crippen LogP contribution in [0.5, 0.6) is 0 Å². The smallest absolute Gasteiger partial charge is 0.223 e. The summed E-state index contributed by atoms with van der Waals surface area (Å²) >= 11 is 1.75. The van der Waals surface area contributed by atoms with Crippen LogP contribution in [0.2, 0.25) is 0 Å². The van der Waals surface area contributed by atoms with E-state index in [-0.39, 0.29) is 11.8 Å². The van der Waals surface area contributed by atoms with E-state index in [9.17, 15) is 4.79 Å². The molecule has 1 amide bonds. The molecule has 4 nitrogen and oxygen atoms in total. The highest BCUT2D eigenvalue weighted by molar-refractivity contribution is 7.10. The number of thiophene rings is 1. The van der Waals surface area contributed by atoms with E-state index in [1.54, 1.807) is 11.3 Å². The number of rotatable bonds is 9. The van der Waals surface area contributed by atoms with E-state index < -0.39 is 0 Å². The van der Waals surface area contributed by atoms with Crippen molar-refractivity contribution in [1.82, 2.24) is 14.4 Å². The van der Waals surface area contributed by atoms with E-state index >= 15 is 0 Å². The molecule has 5 aromatic rings. The molecule has 0 radical (unpaired) electrons. The first-order valence-corrected chi connectivity index (χ1v) is 15.0. The lowest BCUT2D eigenvalue weighted by Crippen LogP contribution is -2.48. The summed E-state index contributed by atoms with van der Waals surface area (Å²) in [5, 5.41) is 3.36. The highest BCUT2D eigenvalue weighted by atomic mass is 32.1. The van der Waals surface area contributed by atoms with E-state index in [0.717, 1.165) is 39.3 Å². The van der Waals surface area contributed by atoms with E-state index in [2.05, 4.69) is 129 Å². The highest BCUT2D eigenvalue weighted by Crippen LogP contribution is 2.37. The van der Waals surface area contributed by atoms with Gasteiger partial charge in [-0.15, -0.1) is 11.3 Å². The first kappa shape index (κ1) is 26.3. The van der Waals surface area contributed by atoms with Crippen molar-refractivity contribution in [2.24, 2.45) is 0 Å². The summed E-state index contributed by atoms with van der Waals surface area (Å²) in [5.74, 6) is 0.291. The summed E-state index contributed by atoms with van der Waals surface area (Å²) in [6, 6.07) is 33.9. The lowest BCUT2D eigenvalue weighted by molar-refractivity contribution is -0.133. The molecule has 1 aliphatic rings. The van der Waals surface area contributed by atoms with E-state index in [0.29, 0.717) is 6.42 Å². The van der Waals surface area contributed by atoms with E-state index in [4.69, 9.17) is 0 Å². The Bertz CT molecular complexity index is 1550. The van der Waals surface area contributed by atoms with Crippen LogP contribution in [-0.4, -0.2) is 53.0 Å². The molecule has 0 spiro atoms. The minimum atomic E-state index is 0.0428. The Hall–Kier alpha value is -3.93. The van der Waals surface area contributed by atoms with Crippen molar-refractivity contribution in [2.75, 3.05) is 32.7 Å². The SMILES string of the molecule is O=C(CC(c1cccs1)c1cn(Cc2ccccc2)c2ccccc12)N1CCN(CC=Cc2ccccc2)CC1. The van der Waals surface area contributed by atoms with Gasteiger partial charge in [0.15, 0.2) is 0 Å². The maximum Gasteiger partial charge on any atom is 0.223 e. The summed E-state index contributed by atoms with van der Waals surface area (Å²) in [6.07, 6.45) is 7.18. The summed E-state index contributed by atoms with van der Waals surface area (Å²) in [6.45, 7) is 5.11. The van der Waals surface area contributed by atoms with Gasteiger partial charge in [-0.1, -0.05) is 97.1 Å². The zero-order valence-electron chi connectivity index (χ0n) is 22.7. The fraction of sp³-hybridized carbons (Fsp3) is 0.229. The quantitative estimate of drug-likeness (QED) is 0.197.